The zero-order valence-corrected chi connectivity index (χ0v) is 14.4. The molecule has 0 aliphatic heterocycles. The summed E-state index contributed by atoms with van der Waals surface area (Å²) in [5, 5.41) is 3.60. The first-order valence-electron chi connectivity index (χ1n) is 6.90. The van der Waals surface area contributed by atoms with Gasteiger partial charge < -0.3 is 16.0 Å². The van der Waals surface area contributed by atoms with Gasteiger partial charge in [0, 0.05) is 18.2 Å². The van der Waals surface area contributed by atoms with Crippen molar-refractivity contribution in [3.8, 4) is 0 Å². The number of benzene rings is 1. The van der Waals surface area contributed by atoms with E-state index in [9.17, 15) is 4.79 Å². The second kappa shape index (κ2) is 7.87. The lowest BCUT2D eigenvalue weighted by atomic mass is 10.0. The Bertz CT molecular complexity index is 471. The maximum Gasteiger partial charge on any atom is 0.251 e. The monoisotopic (exact) mass is 331 g/mol. The number of hydrogen-bond acceptors (Lipinski definition) is 3. The maximum atomic E-state index is 12.3. The molecular formula is C15H23Cl2N3O. The first-order valence-corrected chi connectivity index (χ1v) is 7.66. The Hall–Kier alpha value is -0.970. The Labute approximate surface area is 136 Å². The molecule has 0 bridgehead atoms. The summed E-state index contributed by atoms with van der Waals surface area (Å²) < 4.78 is 0. The molecule has 0 saturated carbocycles. The Balaban J connectivity index is 2.86. The van der Waals surface area contributed by atoms with Crippen molar-refractivity contribution in [2.24, 2.45) is 5.92 Å². The average Bonchev–Trinajstić information content (AvgIpc) is 2.33. The summed E-state index contributed by atoms with van der Waals surface area (Å²) in [6.07, 6.45) is 0.903. The zero-order chi connectivity index (χ0) is 16.2. The fourth-order valence-electron chi connectivity index (χ4n) is 2.20. The third-order valence-corrected chi connectivity index (χ3v) is 3.81. The van der Waals surface area contributed by atoms with Crippen molar-refractivity contribution in [3.05, 3.63) is 27.7 Å². The van der Waals surface area contributed by atoms with E-state index in [0.717, 1.165) is 13.0 Å². The molecule has 21 heavy (non-hydrogen) atoms. The van der Waals surface area contributed by atoms with E-state index in [1.807, 2.05) is 14.1 Å². The van der Waals surface area contributed by atoms with Crippen molar-refractivity contribution in [2.45, 2.75) is 26.3 Å². The molecule has 0 aliphatic rings. The van der Waals surface area contributed by atoms with Crippen molar-refractivity contribution in [3.63, 3.8) is 0 Å². The van der Waals surface area contributed by atoms with Gasteiger partial charge in [-0.3, -0.25) is 4.79 Å². The van der Waals surface area contributed by atoms with E-state index in [2.05, 4.69) is 24.1 Å². The van der Waals surface area contributed by atoms with Crippen LogP contribution in [0.2, 0.25) is 10.0 Å². The zero-order valence-electron chi connectivity index (χ0n) is 12.9. The molecule has 0 fully saturated rings. The second-order valence-corrected chi connectivity index (χ2v) is 6.71. The molecule has 0 unspecified atom stereocenters. The molecule has 118 valence electrons. The number of nitrogen functional groups attached to an aromatic ring is 1. The number of amides is 1. The minimum Gasteiger partial charge on any atom is -0.397 e. The number of anilines is 1. The third kappa shape index (κ3) is 5.73. The van der Waals surface area contributed by atoms with Gasteiger partial charge in [-0.1, -0.05) is 37.0 Å². The van der Waals surface area contributed by atoms with Crippen LogP contribution in [0.15, 0.2) is 12.1 Å². The molecule has 4 nitrogen and oxygen atoms in total. The lowest BCUT2D eigenvalue weighted by Crippen LogP contribution is -2.42. The standard InChI is InChI=1S/C15H23Cl2N3O/c1-9(2)5-11(8-20(3)4)19-15(21)10-6-12(16)14(17)13(18)7-10/h6-7,9,11H,5,8,18H2,1-4H3,(H,19,21)/t11-/m0/s1. The van der Waals surface area contributed by atoms with Crippen LogP contribution in [-0.2, 0) is 0 Å². The van der Waals surface area contributed by atoms with Crippen molar-refractivity contribution in [1.29, 1.82) is 0 Å². The van der Waals surface area contributed by atoms with Crippen LogP contribution < -0.4 is 11.1 Å². The Morgan fingerprint density at radius 1 is 1.33 bits per heavy atom. The molecule has 0 aliphatic carbocycles. The van der Waals surface area contributed by atoms with Gasteiger partial charge in [0.2, 0.25) is 0 Å². The van der Waals surface area contributed by atoms with Gasteiger partial charge in [-0.15, -0.1) is 0 Å². The van der Waals surface area contributed by atoms with Crippen molar-refractivity contribution in [2.75, 3.05) is 26.4 Å². The van der Waals surface area contributed by atoms with Gasteiger partial charge in [-0.2, -0.15) is 0 Å². The largest absolute Gasteiger partial charge is 0.397 e. The Morgan fingerprint density at radius 2 is 1.95 bits per heavy atom. The SMILES string of the molecule is CC(C)C[C@@H](CN(C)C)NC(=O)c1cc(N)c(Cl)c(Cl)c1. The predicted octanol–water partition coefficient (Wildman–Crippen LogP) is 3.28. The number of carbonyl (C=O) groups is 1. The van der Waals surface area contributed by atoms with E-state index < -0.39 is 0 Å². The van der Waals surface area contributed by atoms with Crippen molar-refractivity contribution in [1.82, 2.24) is 10.2 Å². The normalized spacial score (nSPS) is 12.8. The molecule has 1 aromatic rings. The molecule has 0 spiro atoms. The number of nitrogens with zero attached hydrogens (tertiary/aromatic N) is 1. The molecule has 0 heterocycles. The quantitative estimate of drug-likeness (QED) is 0.786. The molecule has 1 rings (SSSR count). The fourth-order valence-corrected chi connectivity index (χ4v) is 2.53. The minimum absolute atomic E-state index is 0.0724. The van der Waals surface area contributed by atoms with Crippen molar-refractivity contribution < 1.29 is 4.79 Å². The Morgan fingerprint density at radius 3 is 2.43 bits per heavy atom. The highest BCUT2D eigenvalue weighted by Crippen LogP contribution is 2.29. The predicted molar refractivity (Wildman–Crippen MR) is 90.1 cm³/mol. The molecule has 1 amide bonds. The van der Waals surface area contributed by atoms with E-state index >= 15 is 0 Å². The van der Waals surface area contributed by atoms with Crippen LogP contribution in [0.3, 0.4) is 0 Å². The number of carbonyl (C=O) groups excluding carboxylic acids is 1. The number of halogens is 2. The molecular weight excluding hydrogens is 309 g/mol. The molecule has 0 aromatic heterocycles. The lowest BCUT2D eigenvalue weighted by molar-refractivity contribution is 0.0924. The van der Waals surface area contributed by atoms with Gasteiger partial charge in [0.1, 0.15) is 0 Å². The number of rotatable bonds is 6. The van der Waals surface area contributed by atoms with Crippen LogP contribution >= 0.6 is 23.2 Å². The first-order chi connectivity index (χ1) is 9.70. The van der Waals surface area contributed by atoms with E-state index in [0.29, 0.717) is 17.2 Å². The van der Waals surface area contributed by atoms with Crippen LogP contribution in [0.5, 0.6) is 0 Å². The summed E-state index contributed by atoms with van der Waals surface area (Å²) in [4.78, 5) is 14.4. The third-order valence-electron chi connectivity index (χ3n) is 3.00. The van der Waals surface area contributed by atoms with E-state index in [1.165, 1.54) is 6.07 Å². The number of nitrogens with one attached hydrogen (secondary N) is 1. The van der Waals surface area contributed by atoms with E-state index in [4.69, 9.17) is 28.9 Å². The fraction of sp³-hybridized carbons (Fsp3) is 0.533. The van der Waals surface area contributed by atoms with Gasteiger partial charge in [0.05, 0.1) is 15.7 Å². The van der Waals surface area contributed by atoms with Crippen LogP contribution in [0.1, 0.15) is 30.6 Å². The summed E-state index contributed by atoms with van der Waals surface area (Å²) in [5.41, 5.74) is 6.48. The molecule has 3 N–H and O–H groups in total. The highest BCUT2D eigenvalue weighted by Gasteiger charge is 2.17. The molecule has 1 aromatic carbocycles. The number of nitrogens with two attached hydrogens (primary N) is 1. The molecule has 6 heteroatoms. The summed E-state index contributed by atoms with van der Waals surface area (Å²) >= 11 is 11.9. The lowest BCUT2D eigenvalue weighted by Gasteiger charge is -2.24. The summed E-state index contributed by atoms with van der Waals surface area (Å²) in [7, 11) is 3.97. The smallest absolute Gasteiger partial charge is 0.251 e. The summed E-state index contributed by atoms with van der Waals surface area (Å²) in [6, 6.07) is 3.16. The average molecular weight is 332 g/mol. The minimum atomic E-state index is -0.187. The van der Waals surface area contributed by atoms with E-state index in [-0.39, 0.29) is 22.0 Å². The maximum absolute atomic E-state index is 12.3. The number of hydrogen-bond donors (Lipinski definition) is 2. The first kappa shape index (κ1) is 18.1. The van der Waals surface area contributed by atoms with Crippen molar-refractivity contribution >= 4 is 34.8 Å². The summed E-state index contributed by atoms with van der Waals surface area (Å²) in [5.74, 6) is 0.307. The molecule has 0 radical (unpaired) electrons. The molecule has 0 saturated heterocycles. The van der Waals surface area contributed by atoms with Gasteiger partial charge >= 0.3 is 0 Å². The highest BCUT2D eigenvalue weighted by molar-refractivity contribution is 6.43. The van der Waals surface area contributed by atoms with Crippen LogP contribution in [-0.4, -0.2) is 37.5 Å². The van der Waals surface area contributed by atoms with Crippen LogP contribution in [0.4, 0.5) is 5.69 Å². The Kier molecular flexibility index (Phi) is 6.78. The highest BCUT2D eigenvalue weighted by atomic mass is 35.5. The van der Waals surface area contributed by atoms with E-state index in [1.54, 1.807) is 6.07 Å². The summed E-state index contributed by atoms with van der Waals surface area (Å²) in [6.45, 7) is 5.04. The number of likely N-dealkylation sites (N-methyl/N-ethyl adjacent to an activating group) is 1. The van der Waals surface area contributed by atoms with Gasteiger partial charge in [-0.25, -0.2) is 0 Å². The van der Waals surface area contributed by atoms with Crippen LogP contribution in [0, 0.1) is 5.92 Å². The van der Waals surface area contributed by atoms with Gasteiger partial charge in [0.25, 0.3) is 5.91 Å². The topological polar surface area (TPSA) is 58.4 Å². The molecule has 1 atom stereocenters. The van der Waals surface area contributed by atoms with Gasteiger partial charge in [0.15, 0.2) is 0 Å². The van der Waals surface area contributed by atoms with Crippen LogP contribution in [0.25, 0.3) is 0 Å². The van der Waals surface area contributed by atoms with Gasteiger partial charge in [-0.05, 0) is 38.6 Å². The second-order valence-electron chi connectivity index (χ2n) is 5.92.